The number of allylic oxidation sites excluding steroid dienone is 2. The van der Waals surface area contributed by atoms with Gasteiger partial charge in [-0.2, -0.15) is 5.10 Å². The monoisotopic (exact) mass is 379 g/mol. The fraction of sp³-hybridized carbons (Fsp3) is 0.312. The number of nitrogen functional groups attached to an aromatic ring is 1. The van der Waals surface area contributed by atoms with Gasteiger partial charge >= 0.3 is 0 Å². The van der Waals surface area contributed by atoms with Crippen molar-refractivity contribution in [1.82, 2.24) is 19.6 Å². The highest BCUT2D eigenvalue weighted by Gasteiger charge is 1.97. The van der Waals surface area contributed by atoms with Crippen LogP contribution in [0, 0.1) is 16.2 Å². The van der Waals surface area contributed by atoms with Gasteiger partial charge < -0.3 is 5.43 Å². The molecule has 2 aromatic heterocycles. The molecule has 6 N–H and O–H groups in total. The van der Waals surface area contributed by atoms with Crippen molar-refractivity contribution in [3.05, 3.63) is 46.5 Å². The van der Waals surface area contributed by atoms with E-state index in [1.165, 1.54) is 15.4 Å². The lowest BCUT2D eigenvalue weighted by atomic mass is 10.4. The van der Waals surface area contributed by atoms with Gasteiger partial charge in [-0.05, 0) is 45.0 Å². The lowest BCUT2D eigenvalue weighted by molar-refractivity contribution is 0.785. The Kier molecular flexibility index (Phi) is 10.5. The third-order valence-electron chi connectivity index (χ3n) is 2.85. The molecule has 0 bridgehead atoms. The summed E-state index contributed by atoms with van der Waals surface area (Å²) in [6, 6.07) is 6.30. The second-order valence-corrected chi connectivity index (χ2v) is 5.02. The van der Waals surface area contributed by atoms with Gasteiger partial charge in [0.05, 0.1) is 0 Å². The van der Waals surface area contributed by atoms with Gasteiger partial charge in [-0.25, -0.2) is 15.2 Å². The average Bonchev–Trinajstić information content (AvgIpc) is 2.65. The zero-order valence-corrected chi connectivity index (χ0v) is 16.4. The number of halogens is 1. The summed E-state index contributed by atoms with van der Waals surface area (Å²) in [5.74, 6) is 5.72. The highest BCUT2D eigenvalue weighted by Crippen LogP contribution is 2.02. The minimum absolute atomic E-state index is 0.154. The van der Waals surface area contributed by atoms with Crippen LogP contribution in [0.2, 0.25) is 5.15 Å². The largest absolute Gasteiger partial charge is 0.307 e. The van der Waals surface area contributed by atoms with Crippen LogP contribution in [0.25, 0.3) is 5.70 Å². The number of nitrogens with zero attached hydrogens (tertiary/aromatic N) is 4. The van der Waals surface area contributed by atoms with E-state index in [9.17, 15) is 0 Å². The van der Waals surface area contributed by atoms with E-state index in [4.69, 9.17) is 33.7 Å². The predicted octanol–water partition coefficient (Wildman–Crippen LogP) is 2.42. The molecule has 9 nitrogen and oxygen atoms in total. The fourth-order valence-electron chi connectivity index (χ4n) is 1.55. The number of hydrogen-bond donors (Lipinski definition) is 5. The van der Waals surface area contributed by atoms with Crippen molar-refractivity contribution in [2.45, 2.75) is 34.6 Å². The molecule has 0 fully saturated rings. The maximum Gasteiger partial charge on any atom is 0.161 e. The molecule has 0 atom stereocenters. The lowest BCUT2D eigenvalue weighted by Gasteiger charge is -2.04. The van der Waals surface area contributed by atoms with Crippen LogP contribution in [0.15, 0.2) is 30.3 Å². The summed E-state index contributed by atoms with van der Waals surface area (Å²) in [5.41, 5.74) is 3.71. The van der Waals surface area contributed by atoms with Crippen LogP contribution in [0.4, 0.5) is 5.82 Å². The Morgan fingerprint density at radius 3 is 2.12 bits per heavy atom. The predicted molar refractivity (Wildman–Crippen MR) is 105 cm³/mol. The number of aromatic nitrogens is 4. The third kappa shape index (κ3) is 6.99. The number of nitrogens with one attached hydrogen (secondary N) is 4. The van der Waals surface area contributed by atoms with E-state index in [1.54, 1.807) is 25.1 Å². The Morgan fingerprint density at radius 1 is 1.08 bits per heavy atom. The van der Waals surface area contributed by atoms with E-state index < -0.39 is 0 Å². The Labute approximate surface area is 157 Å². The van der Waals surface area contributed by atoms with Crippen molar-refractivity contribution in [1.29, 1.82) is 16.2 Å². The molecule has 142 valence electrons. The Bertz CT molecular complexity index is 865. The lowest BCUT2D eigenvalue weighted by Crippen LogP contribution is -2.28. The van der Waals surface area contributed by atoms with Crippen LogP contribution in [-0.4, -0.2) is 25.4 Å². The molecule has 0 spiro atoms. The first-order chi connectivity index (χ1) is 12.3. The molecule has 0 saturated heterocycles. The van der Waals surface area contributed by atoms with Crippen LogP contribution in [0.5, 0.6) is 0 Å². The summed E-state index contributed by atoms with van der Waals surface area (Å²) >= 11 is 5.68. The molecular weight excluding hydrogens is 354 g/mol. The molecule has 2 heterocycles. The fourth-order valence-corrected chi connectivity index (χ4v) is 1.69. The van der Waals surface area contributed by atoms with Crippen LogP contribution in [0.3, 0.4) is 0 Å². The first kappa shape index (κ1) is 23.2. The van der Waals surface area contributed by atoms with Crippen LogP contribution < -0.4 is 22.2 Å². The van der Waals surface area contributed by atoms with Crippen molar-refractivity contribution in [3.8, 4) is 0 Å². The number of rotatable bonds is 2. The van der Waals surface area contributed by atoms with Gasteiger partial charge in [-0.15, -0.1) is 5.10 Å². The summed E-state index contributed by atoms with van der Waals surface area (Å²) in [5, 5.41) is 30.4. The maximum atomic E-state index is 7.50. The van der Waals surface area contributed by atoms with Gasteiger partial charge in [0, 0.05) is 5.70 Å². The molecule has 0 aromatic carbocycles. The van der Waals surface area contributed by atoms with Gasteiger partial charge in [-0.3, -0.25) is 16.2 Å². The first-order valence-electron chi connectivity index (χ1n) is 7.91. The Hall–Kier alpha value is -2.78. The van der Waals surface area contributed by atoms with E-state index in [0.717, 1.165) is 5.70 Å². The van der Waals surface area contributed by atoms with Gasteiger partial charge in [-0.1, -0.05) is 31.5 Å². The SMILES string of the molecule is C/C=C(\C)n1nc(Cl)ccc1=N.CC.CC(=N)n1nc(NN)ccc1=N. The average molecular weight is 380 g/mol. The minimum atomic E-state index is 0.154. The number of nitrogens with two attached hydrogens (primary N) is 1. The molecular formula is C16H26ClN9. The zero-order chi connectivity index (χ0) is 20.3. The van der Waals surface area contributed by atoms with Gasteiger partial charge in [0.25, 0.3) is 0 Å². The molecule has 0 radical (unpaired) electrons. The smallest absolute Gasteiger partial charge is 0.161 e. The van der Waals surface area contributed by atoms with Crippen LogP contribution >= 0.6 is 11.6 Å². The number of hydrazine groups is 1. The van der Waals surface area contributed by atoms with Crippen LogP contribution in [-0.2, 0) is 0 Å². The van der Waals surface area contributed by atoms with Crippen molar-refractivity contribution >= 4 is 29.0 Å². The topological polar surface area (TPSA) is 145 Å². The van der Waals surface area contributed by atoms with Crippen molar-refractivity contribution in [2.24, 2.45) is 5.84 Å². The van der Waals surface area contributed by atoms with E-state index >= 15 is 0 Å². The molecule has 2 rings (SSSR count). The molecule has 0 aliphatic carbocycles. The summed E-state index contributed by atoms with van der Waals surface area (Å²) in [6.07, 6.45) is 1.88. The maximum absolute atomic E-state index is 7.50. The molecule has 0 aliphatic heterocycles. The van der Waals surface area contributed by atoms with Crippen molar-refractivity contribution < 1.29 is 0 Å². The van der Waals surface area contributed by atoms with Gasteiger partial charge in [0.1, 0.15) is 22.0 Å². The quantitative estimate of drug-likeness (QED) is 0.236. The third-order valence-corrected chi connectivity index (χ3v) is 3.06. The van der Waals surface area contributed by atoms with E-state index in [2.05, 4.69) is 15.6 Å². The summed E-state index contributed by atoms with van der Waals surface area (Å²) < 4.78 is 2.66. The highest BCUT2D eigenvalue weighted by atomic mass is 35.5. The number of hydrogen-bond acceptors (Lipinski definition) is 7. The Balaban J connectivity index is 0.000000439. The molecule has 0 amide bonds. The normalized spacial score (nSPS) is 10.0. The summed E-state index contributed by atoms with van der Waals surface area (Å²) in [4.78, 5) is 0. The van der Waals surface area contributed by atoms with Gasteiger partial charge in [0.15, 0.2) is 5.82 Å². The molecule has 0 unspecified atom stereocenters. The molecule has 0 aliphatic rings. The molecule has 26 heavy (non-hydrogen) atoms. The first-order valence-corrected chi connectivity index (χ1v) is 8.28. The molecule has 10 heteroatoms. The number of anilines is 1. The Morgan fingerprint density at radius 2 is 1.62 bits per heavy atom. The molecule has 2 aromatic rings. The highest BCUT2D eigenvalue weighted by molar-refractivity contribution is 6.29. The standard InChI is InChI=1S/C8H10ClN3.C6H10N6.C2H6/c1-3-6(2)12-8(10)5-4-7(9)11-12;1-4(7)12-5(8)2-3-6(10-9)11-12;1-2/h3-5,10H,1-2H3;2-3,7-8H,9H2,1H3,(H,10,11);1-2H3/b6-3+,10-8?;;. The van der Waals surface area contributed by atoms with Crippen LogP contribution in [0.1, 0.15) is 34.6 Å². The second kappa shape index (κ2) is 11.7. The van der Waals surface area contributed by atoms with Gasteiger partial charge in [0.2, 0.25) is 0 Å². The minimum Gasteiger partial charge on any atom is -0.307 e. The van der Waals surface area contributed by atoms with E-state index in [0.29, 0.717) is 16.5 Å². The second-order valence-electron chi connectivity index (χ2n) is 4.63. The van der Waals surface area contributed by atoms with E-state index in [-0.39, 0.29) is 11.3 Å². The van der Waals surface area contributed by atoms with E-state index in [1.807, 2.05) is 33.8 Å². The summed E-state index contributed by atoms with van der Waals surface area (Å²) in [6.45, 7) is 9.32. The van der Waals surface area contributed by atoms with Crippen molar-refractivity contribution in [2.75, 3.05) is 5.43 Å². The zero-order valence-electron chi connectivity index (χ0n) is 15.6. The van der Waals surface area contributed by atoms with Crippen molar-refractivity contribution in [3.63, 3.8) is 0 Å². The molecule has 0 saturated carbocycles. The summed E-state index contributed by atoms with van der Waals surface area (Å²) in [7, 11) is 0.